The van der Waals surface area contributed by atoms with Crippen LogP contribution in [0.25, 0.3) is 0 Å². The van der Waals surface area contributed by atoms with Crippen molar-refractivity contribution in [3.05, 3.63) is 107 Å². The van der Waals surface area contributed by atoms with E-state index in [9.17, 15) is 47.1 Å². The van der Waals surface area contributed by atoms with Gasteiger partial charge in [0.2, 0.25) is 29.5 Å². The third kappa shape index (κ3) is 14.9. The van der Waals surface area contributed by atoms with Gasteiger partial charge in [0.15, 0.2) is 0 Å². The summed E-state index contributed by atoms with van der Waals surface area (Å²) in [6.07, 6.45) is 2.78. The minimum Gasteiger partial charge on any atom is -0.381 e. The lowest BCUT2D eigenvalue weighted by Gasteiger charge is -2.35. The number of Topliss-reactive ketones (excluding diaryl/α,β-unsaturated/α-hetero) is 1. The molecule has 0 unspecified atom stereocenters. The Bertz CT molecular complexity index is 2420. The Labute approximate surface area is 455 Å². The van der Waals surface area contributed by atoms with Crippen LogP contribution in [0.4, 0.5) is 8.78 Å². The first-order chi connectivity index (χ1) is 37.3. The molecule has 0 aromatic heterocycles. The first kappa shape index (κ1) is 59.0. The molecular weight excluding hydrogens is 1010 g/mol. The van der Waals surface area contributed by atoms with Crippen LogP contribution >= 0.6 is 0 Å². The zero-order chi connectivity index (χ0) is 56.2. The third-order valence-corrected chi connectivity index (χ3v) is 16.2. The number of amides is 7. The first-order valence-electron chi connectivity index (χ1n) is 27.5. The number of carbonyl (C=O) groups is 8. The van der Waals surface area contributed by atoms with Crippen molar-refractivity contribution in [1.82, 2.24) is 41.7 Å². The lowest BCUT2D eigenvalue weighted by molar-refractivity contribution is -0.146. The summed E-state index contributed by atoms with van der Waals surface area (Å²) in [6, 6.07) is 11.3. The van der Waals surface area contributed by atoms with E-state index in [1.54, 1.807) is 59.0 Å². The predicted molar refractivity (Wildman–Crippen MR) is 285 cm³/mol. The number of hydrogen-bond donors (Lipinski definition) is 6. The molecule has 18 nitrogen and oxygen atoms in total. The number of likely N-dealkylation sites (tertiary alicyclic amines) is 2. The average Bonchev–Trinajstić information content (AvgIpc) is 4.13. The zero-order valence-electron chi connectivity index (χ0n) is 45.5. The summed E-state index contributed by atoms with van der Waals surface area (Å²) < 4.78 is 38.8. The van der Waals surface area contributed by atoms with Gasteiger partial charge < -0.3 is 51.2 Å². The second-order valence-electron chi connectivity index (χ2n) is 21.4. The van der Waals surface area contributed by atoms with Crippen LogP contribution in [0, 0.1) is 35.3 Å². The van der Waals surface area contributed by atoms with Gasteiger partial charge in [-0.3, -0.25) is 38.4 Å². The van der Waals surface area contributed by atoms with Gasteiger partial charge in [0, 0.05) is 81.0 Å². The van der Waals surface area contributed by atoms with E-state index in [0.29, 0.717) is 69.7 Å². The number of ketones is 1. The fourth-order valence-electron chi connectivity index (χ4n) is 10.9. The molecule has 422 valence electrons. The Morgan fingerprint density at radius 3 is 1.44 bits per heavy atom. The molecule has 0 spiro atoms. The quantitative estimate of drug-likeness (QED) is 0.0857. The number of likely N-dealkylation sites (N-methyl/N-ethyl adjacent to an activating group) is 1. The molecule has 0 aliphatic carbocycles. The van der Waals surface area contributed by atoms with Gasteiger partial charge in [-0.05, 0) is 144 Å². The van der Waals surface area contributed by atoms with Gasteiger partial charge in [0.05, 0.1) is 18.1 Å². The fraction of sp³-hybridized carbons (Fsp3) is 0.552. The summed E-state index contributed by atoms with van der Waals surface area (Å²) in [7, 11) is 1.67. The molecule has 0 radical (unpaired) electrons. The van der Waals surface area contributed by atoms with E-state index in [0.717, 1.165) is 0 Å². The molecule has 78 heavy (non-hydrogen) atoms. The van der Waals surface area contributed by atoms with Crippen LogP contribution in [0.3, 0.4) is 0 Å². The first-order valence-corrected chi connectivity index (χ1v) is 27.5. The summed E-state index contributed by atoms with van der Waals surface area (Å²) in [4.78, 5) is 115. The summed E-state index contributed by atoms with van der Waals surface area (Å²) in [6.45, 7) is 10.5. The third-order valence-electron chi connectivity index (χ3n) is 16.2. The smallest absolute Gasteiger partial charge is 0.251 e. The highest BCUT2D eigenvalue weighted by molar-refractivity contribution is 5.99. The molecule has 10 atom stereocenters. The number of ether oxygens (including phenoxy) is 2. The lowest BCUT2D eigenvalue weighted by Crippen LogP contribution is -2.57. The summed E-state index contributed by atoms with van der Waals surface area (Å²) >= 11 is 0. The summed E-state index contributed by atoms with van der Waals surface area (Å²) in [5, 5.41) is 17.8. The van der Waals surface area contributed by atoms with Gasteiger partial charge in [-0.15, -0.1) is 0 Å². The maximum atomic E-state index is 14.8. The molecule has 4 aliphatic heterocycles. The van der Waals surface area contributed by atoms with Crippen LogP contribution < -0.4 is 31.9 Å². The van der Waals surface area contributed by atoms with Crippen molar-refractivity contribution in [2.24, 2.45) is 23.7 Å². The predicted octanol–water partition coefficient (Wildman–Crippen LogP) is 4.69. The Kier molecular flexibility index (Phi) is 20.7. The van der Waals surface area contributed by atoms with E-state index < -0.39 is 95.4 Å². The van der Waals surface area contributed by atoms with Crippen molar-refractivity contribution in [2.75, 3.05) is 46.6 Å². The van der Waals surface area contributed by atoms with Gasteiger partial charge in [-0.2, -0.15) is 0 Å². The standard InChI is InChI=1S/C58H76F2N8O10/c1-7-33(2)52(70)66-51(40-22-26-78-27-23-40)58(76)68-32-46(29-49(68)56(74)63-35(4)38-14-18-44(60)19-15-38)65-54(72)42-10-8-41(9-11-42)53(71)64-45-28-48(55(73)62-34(3)37-12-16-43(59)17-13-37)67(31-45)57(75)47(30-50(69)36(5)61-6)39-20-24-77-25-21-39/h8-19,33-36,39-40,45-49,51,61H,7,20-32H2,1-6H3,(H,62,73)(H,63,74)(H,64,71)(H,65,72)(H,66,70)/t33-,34-,35-,36+,45+,46+,47+,48+,49+,51+/m1/s1. The van der Waals surface area contributed by atoms with Crippen molar-refractivity contribution in [3.8, 4) is 0 Å². The van der Waals surface area contributed by atoms with Crippen molar-refractivity contribution < 1.29 is 56.6 Å². The summed E-state index contributed by atoms with van der Waals surface area (Å²) in [5.74, 6) is -5.64. The molecule has 0 bridgehead atoms. The van der Waals surface area contributed by atoms with E-state index in [1.807, 2.05) is 6.92 Å². The van der Waals surface area contributed by atoms with E-state index in [2.05, 4.69) is 31.9 Å². The van der Waals surface area contributed by atoms with Crippen LogP contribution in [0.15, 0.2) is 72.8 Å². The topological polar surface area (TPSA) is 234 Å². The molecule has 7 amide bonds. The number of rotatable bonds is 21. The van der Waals surface area contributed by atoms with Crippen LogP contribution in [0.2, 0.25) is 0 Å². The van der Waals surface area contributed by atoms with Gasteiger partial charge in [0.1, 0.15) is 35.5 Å². The lowest BCUT2D eigenvalue weighted by atomic mass is 9.81. The van der Waals surface area contributed by atoms with E-state index in [4.69, 9.17) is 9.47 Å². The minimum atomic E-state index is -1.04. The maximum absolute atomic E-state index is 14.8. The molecule has 6 N–H and O–H groups in total. The monoisotopic (exact) mass is 1080 g/mol. The number of nitrogens with zero attached hydrogens (tertiary/aromatic N) is 2. The molecule has 3 aromatic rings. The Morgan fingerprint density at radius 1 is 0.590 bits per heavy atom. The van der Waals surface area contributed by atoms with E-state index >= 15 is 0 Å². The van der Waals surface area contributed by atoms with Crippen molar-refractivity contribution >= 4 is 47.1 Å². The minimum absolute atomic E-state index is 0.0191. The van der Waals surface area contributed by atoms with E-state index in [-0.39, 0.29) is 78.8 Å². The van der Waals surface area contributed by atoms with Gasteiger partial charge in [-0.1, -0.05) is 38.1 Å². The number of carbonyl (C=O) groups excluding carboxylic acids is 8. The van der Waals surface area contributed by atoms with Crippen LogP contribution in [-0.2, 0) is 38.2 Å². The molecule has 4 fully saturated rings. The van der Waals surface area contributed by atoms with Crippen LogP contribution in [0.1, 0.15) is 130 Å². The number of halogens is 2. The van der Waals surface area contributed by atoms with Crippen LogP contribution in [0.5, 0.6) is 0 Å². The second kappa shape index (κ2) is 27.3. The van der Waals surface area contributed by atoms with Crippen LogP contribution in [-0.4, -0.2) is 140 Å². The van der Waals surface area contributed by atoms with Gasteiger partial charge >= 0.3 is 0 Å². The summed E-state index contributed by atoms with van der Waals surface area (Å²) in [5.41, 5.74) is 1.67. The van der Waals surface area contributed by atoms with Gasteiger partial charge in [0.25, 0.3) is 11.8 Å². The molecule has 0 saturated carbocycles. The number of benzene rings is 3. The Hall–Kier alpha value is -6.64. The fourth-order valence-corrected chi connectivity index (χ4v) is 10.9. The van der Waals surface area contributed by atoms with Crippen molar-refractivity contribution in [1.29, 1.82) is 0 Å². The number of nitrogens with one attached hydrogen (secondary N) is 6. The molecule has 7 rings (SSSR count). The zero-order valence-corrected chi connectivity index (χ0v) is 45.5. The van der Waals surface area contributed by atoms with Crippen molar-refractivity contribution in [2.45, 2.75) is 134 Å². The molecule has 20 heteroatoms. The van der Waals surface area contributed by atoms with Crippen molar-refractivity contribution in [3.63, 3.8) is 0 Å². The maximum Gasteiger partial charge on any atom is 0.251 e. The van der Waals surface area contributed by atoms with E-state index in [1.165, 1.54) is 58.3 Å². The Morgan fingerprint density at radius 2 is 1.01 bits per heavy atom. The molecule has 4 aliphatic rings. The Balaban J connectivity index is 1.06. The molecule has 4 saturated heterocycles. The molecule has 4 heterocycles. The number of hydrogen-bond acceptors (Lipinski definition) is 11. The normalized spacial score (nSPS) is 22.3. The highest BCUT2D eigenvalue weighted by Gasteiger charge is 2.47. The highest BCUT2D eigenvalue weighted by Crippen LogP contribution is 2.33. The largest absolute Gasteiger partial charge is 0.381 e. The molecule has 3 aromatic carbocycles. The van der Waals surface area contributed by atoms with Gasteiger partial charge in [-0.25, -0.2) is 8.78 Å². The second-order valence-corrected chi connectivity index (χ2v) is 21.4. The average molecular weight is 1080 g/mol. The highest BCUT2D eigenvalue weighted by atomic mass is 19.1. The SMILES string of the molecule is CC[C@@H](C)C(=O)N[C@H](C(=O)N1C[C@@H](NC(=O)c2ccc(C(=O)N[C@H]3C[C@@H](C(=O)N[C@H](C)c4ccc(F)cc4)N(C(=O)[C@@H](CC(=O)[C@H](C)NC)C4CCOCC4)C3)cc2)C[C@H]1C(=O)N[C@H](C)c1ccc(F)cc1)C1CCOCC1. The molecular formula is C58H76F2N8O10.